The summed E-state index contributed by atoms with van der Waals surface area (Å²) in [5.41, 5.74) is 3.09. The Morgan fingerprint density at radius 3 is 2.46 bits per heavy atom. The van der Waals surface area contributed by atoms with Crippen molar-refractivity contribution in [3.8, 4) is 5.75 Å². The second-order valence-electron chi connectivity index (χ2n) is 7.31. The molecule has 4 rings (SSSR count). The van der Waals surface area contributed by atoms with Gasteiger partial charge in [0.25, 0.3) is 0 Å². The first-order chi connectivity index (χ1) is 13.5. The molecule has 0 aliphatic heterocycles. The normalized spacial score (nSPS) is 13.6. The Morgan fingerprint density at radius 1 is 1.00 bits per heavy atom. The van der Waals surface area contributed by atoms with Crippen molar-refractivity contribution in [2.75, 3.05) is 7.11 Å². The number of nitrogens with zero attached hydrogens (tertiary/aromatic N) is 2. The SMILES string of the molecule is COc1ccc2cc(C(C)c3nc4ccccc4n3C(C)C(C)=O)ccc2c1. The van der Waals surface area contributed by atoms with Gasteiger partial charge in [-0.15, -0.1) is 0 Å². The monoisotopic (exact) mass is 372 g/mol. The maximum absolute atomic E-state index is 12.2. The molecule has 0 amide bonds. The lowest BCUT2D eigenvalue weighted by Crippen LogP contribution is -2.17. The van der Waals surface area contributed by atoms with E-state index in [0.29, 0.717) is 0 Å². The topological polar surface area (TPSA) is 44.1 Å². The highest BCUT2D eigenvalue weighted by Gasteiger charge is 2.23. The Hall–Kier alpha value is -3.14. The number of imidazole rings is 1. The molecule has 0 radical (unpaired) electrons. The Labute approximate surface area is 164 Å². The molecule has 0 N–H and O–H groups in total. The van der Waals surface area contributed by atoms with Crippen LogP contribution in [0.25, 0.3) is 21.8 Å². The van der Waals surface area contributed by atoms with Gasteiger partial charge < -0.3 is 9.30 Å². The Bertz CT molecular complexity index is 1180. The predicted octanol–water partition coefficient (Wildman–Crippen LogP) is 5.50. The van der Waals surface area contributed by atoms with Crippen LogP contribution in [0.4, 0.5) is 0 Å². The second-order valence-corrected chi connectivity index (χ2v) is 7.31. The molecule has 0 saturated heterocycles. The van der Waals surface area contributed by atoms with E-state index < -0.39 is 0 Å². The maximum Gasteiger partial charge on any atom is 0.152 e. The number of para-hydroxylation sites is 2. The van der Waals surface area contributed by atoms with Crippen LogP contribution in [0, 0.1) is 0 Å². The molecule has 1 heterocycles. The molecule has 0 bridgehead atoms. The van der Waals surface area contributed by atoms with Crippen molar-refractivity contribution < 1.29 is 9.53 Å². The van der Waals surface area contributed by atoms with Crippen LogP contribution in [0.2, 0.25) is 0 Å². The van der Waals surface area contributed by atoms with E-state index in [-0.39, 0.29) is 17.7 Å². The highest BCUT2D eigenvalue weighted by atomic mass is 16.5. The van der Waals surface area contributed by atoms with Crippen LogP contribution in [0.15, 0.2) is 60.7 Å². The van der Waals surface area contributed by atoms with Gasteiger partial charge in [-0.2, -0.15) is 0 Å². The van der Waals surface area contributed by atoms with Crippen molar-refractivity contribution >= 4 is 27.6 Å². The van der Waals surface area contributed by atoms with Crippen LogP contribution < -0.4 is 4.74 Å². The first-order valence-corrected chi connectivity index (χ1v) is 9.54. The zero-order valence-corrected chi connectivity index (χ0v) is 16.6. The third-order valence-electron chi connectivity index (χ3n) is 5.56. The molecule has 4 nitrogen and oxygen atoms in total. The average molecular weight is 372 g/mol. The van der Waals surface area contributed by atoms with Crippen molar-refractivity contribution in [1.82, 2.24) is 9.55 Å². The predicted molar refractivity (Wildman–Crippen MR) is 113 cm³/mol. The molecule has 0 spiro atoms. The lowest BCUT2D eigenvalue weighted by atomic mass is 9.96. The molecule has 28 heavy (non-hydrogen) atoms. The summed E-state index contributed by atoms with van der Waals surface area (Å²) in [6, 6.07) is 20.3. The third-order valence-corrected chi connectivity index (χ3v) is 5.56. The summed E-state index contributed by atoms with van der Waals surface area (Å²) in [5.74, 6) is 1.95. The van der Waals surface area contributed by atoms with Crippen molar-refractivity contribution in [2.45, 2.75) is 32.7 Å². The highest BCUT2D eigenvalue weighted by molar-refractivity contribution is 5.85. The summed E-state index contributed by atoms with van der Waals surface area (Å²) >= 11 is 0. The molecular formula is C24H24N2O2. The van der Waals surface area contributed by atoms with E-state index in [2.05, 4.69) is 35.8 Å². The van der Waals surface area contributed by atoms with Gasteiger partial charge in [0.2, 0.25) is 0 Å². The maximum atomic E-state index is 12.2. The molecular weight excluding hydrogens is 348 g/mol. The molecule has 2 unspecified atom stereocenters. The number of carbonyl (C=O) groups excluding carboxylic acids is 1. The number of carbonyl (C=O) groups is 1. The third kappa shape index (κ3) is 3.05. The summed E-state index contributed by atoms with van der Waals surface area (Å²) in [6.07, 6.45) is 0. The Morgan fingerprint density at radius 2 is 1.71 bits per heavy atom. The minimum atomic E-state index is -0.255. The zero-order chi connectivity index (χ0) is 19.8. The molecule has 1 aromatic heterocycles. The quantitative estimate of drug-likeness (QED) is 0.465. The fourth-order valence-electron chi connectivity index (χ4n) is 3.75. The van der Waals surface area contributed by atoms with Gasteiger partial charge in [-0.3, -0.25) is 4.79 Å². The zero-order valence-electron chi connectivity index (χ0n) is 16.6. The van der Waals surface area contributed by atoms with Gasteiger partial charge in [0.1, 0.15) is 11.6 Å². The van der Waals surface area contributed by atoms with Crippen molar-refractivity contribution in [3.63, 3.8) is 0 Å². The number of hydrogen-bond acceptors (Lipinski definition) is 3. The first kappa shape index (κ1) is 18.2. The summed E-state index contributed by atoms with van der Waals surface area (Å²) < 4.78 is 7.41. The van der Waals surface area contributed by atoms with Crippen molar-refractivity contribution in [3.05, 3.63) is 72.1 Å². The molecule has 0 fully saturated rings. The number of hydrogen-bond donors (Lipinski definition) is 0. The fourth-order valence-corrected chi connectivity index (χ4v) is 3.75. The number of ketones is 1. The van der Waals surface area contributed by atoms with E-state index in [1.54, 1.807) is 14.0 Å². The summed E-state index contributed by atoms with van der Waals surface area (Å²) in [7, 11) is 1.68. The summed E-state index contributed by atoms with van der Waals surface area (Å²) in [5, 5.41) is 2.30. The van der Waals surface area contributed by atoms with Gasteiger partial charge in [0.15, 0.2) is 5.78 Å². The number of ether oxygens (including phenoxy) is 1. The fraction of sp³-hybridized carbons (Fsp3) is 0.250. The van der Waals surface area contributed by atoms with E-state index in [4.69, 9.17) is 9.72 Å². The van der Waals surface area contributed by atoms with Crippen LogP contribution in [0.1, 0.15) is 44.1 Å². The molecule has 3 aromatic carbocycles. The number of fused-ring (bicyclic) bond motifs is 2. The molecule has 142 valence electrons. The summed E-state index contributed by atoms with van der Waals surface area (Å²) in [4.78, 5) is 17.1. The second kappa shape index (κ2) is 7.12. The number of aromatic nitrogens is 2. The van der Waals surface area contributed by atoms with Crippen LogP contribution in [-0.4, -0.2) is 22.4 Å². The highest BCUT2D eigenvalue weighted by Crippen LogP contribution is 2.32. The van der Waals surface area contributed by atoms with Gasteiger partial charge in [0, 0.05) is 5.92 Å². The largest absolute Gasteiger partial charge is 0.497 e. The van der Waals surface area contributed by atoms with Gasteiger partial charge in [-0.05, 0) is 54.4 Å². The van der Waals surface area contributed by atoms with Crippen LogP contribution in [0.3, 0.4) is 0 Å². The van der Waals surface area contributed by atoms with Gasteiger partial charge in [-0.25, -0.2) is 4.98 Å². The van der Waals surface area contributed by atoms with E-state index in [9.17, 15) is 4.79 Å². The minimum Gasteiger partial charge on any atom is -0.497 e. The number of rotatable bonds is 5. The van der Waals surface area contributed by atoms with E-state index in [1.807, 2.05) is 43.3 Å². The summed E-state index contributed by atoms with van der Waals surface area (Å²) in [6.45, 7) is 5.73. The van der Waals surface area contributed by atoms with E-state index in [0.717, 1.165) is 33.4 Å². The smallest absolute Gasteiger partial charge is 0.152 e. The standard InChI is InChI=1S/C24H24N2O2/c1-15(18-9-10-20-14-21(28-4)12-11-19(20)13-18)24-25-22-7-5-6-8-23(22)26(24)16(2)17(3)27/h5-16H,1-4H3. The lowest BCUT2D eigenvalue weighted by Gasteiger charge is -2.19. The molecule has 4 aromatic rings. The molecule has 2 atom stereocenters. The van der Waals surface area contributed by atoms with Crippen LogP contribution in [0.5, 0.6) is 5.75 Å². The van der Waals surface area contributed by atoms with Gasteiger partial charge in [-0.1, -0.05) is 43.3 Å². The van der Waals surface area contributed by atoms with Gasteiger partial charge in [0.05, 0.1) is 24.2 Å². The first-order valence-electron chi connectivity index (χ1n) is 9.54. The number of Topliss-reactive ketones (excluding diaryl/α,β-unsaturated/α-hetero) is 1. The van der Waals surface area contributed by atoms with Gasteiger partial charge >= 0.3 is 0 Å². The van der Waals surface area contributed by atoms with E-state index >= 15 is 0 Å². The van der Waals surface area contributed by atoms with Crippen LogP contribution in [-0.2, 0) is 4.79 Å². The lowest BCUT2D eigenvalue weighted by molar-refractivity contribution is -0.119. The molecule has 0 saturated carbocycles. The average Bonchev–Trinajstić information content (AvgIpc) is 3.11. The molecule has 0 aliphatic rings. The van der Waals surface area contributed by atoms with Crippen molar-refractivity contribution in [2.24, 2.45) is 0 Å². The van der Waals surface area contributed by atoms with Crippen molar-refractivity contribution in [1.29, 1.82) is 0 Å². The molecule has 4 heteroatoms. The minimum absolute atomic E-state index is 0.0562. The van der Waals surface area contributed by atoms with Crippen LogP contribution >= 0.6 is 0 Å². The Balaban J connectivity index is 1.84. The Kier molecular flexibility index (Phi) is 4.63. The van der Waals surface area contributed by atoms with E-state index in [1.165, 1.54) is 5.56 Å². The molecule has 0 aliphatic carbocycles. The number of methoxy groups -OCH3 is 1. The number of benzene rings is 3.